The van der Waals surface area contributed by atoms with Gasteiger partial charge >= 0.3 is 0 Å². The number of anilines is 1. The van der Waals surface area contributed by atoms with Gasteiger partial charge in [-0.1, -0.05) is 49.4 Å². The molecule has 0 radical (unpaired) electrons. The fraction of sp³-hybridized carbons (Fsp3) is 0.167. The zero-order chi connectivity index (χ0) is 14.8. The molecule has 0 saturated carbocycles. The van der Waals surface area contributed by atoms with Gasteiger partial charge in [0.25, 0.3) is 0 Å². The SMILES string of the molecule is CCc1ccc(-c2nn(-c3ccccc3)c(N)c2C)cc1. The third kappa shape index (κ3) is 2.42. The summed E-state index contributed by atoms with van der Waals surface area (Å²) in [6.45, 7) is 4.17. The normalized spacial score (nSPS) is 10.8. The van der Waals surface area contributed by atoms with Gasteiger partial charge < -0.3 is 5.73 Å². The van der Waals surface area contributed by atoms with E-state index in [-0.39, 0.29) is 0 Å². The van der Waals surface area contributed by atoms with Gasteiger partial charge in [-0.15, -0.1) is 0 Å². The molecular weight excluding hydrogens is 258 g/mol. The lowest BCUT2D eigenvalue weighted by molar-refractivity contribution is 0.895. The van der Waals surface area contributed by atoms with E-state index >= 15 is 0 Å². The van der Waals surface area contributed by atoms with Crippen molar-refractivity contribution in [1.82, 2.24) is 9.78 Å². The number of hydrogen-bond donors (Lipinski definition) is 1. The monoisotopic (exact) mass is 277 g/mol. The summed E-state index contributed by atoms with van der Waals surface area (Å²) >= 11 is 0. The first-order valence-electron chi connectivity index (χ1n) is 7.20. The summed E-state index contributed by atoms with van der Waals surface area (Å²) in [7, 11) is 0. The summed E-state index contributed by atoms with van der Waals surface area (Å²) < 4.78 is 1.80. The van der Waals surface area contributed by atoms with Crippen LogP contribution in [0.1, 0.15) is 18.1 Å². The minimum atomic E-state index is 0.691. The van der Waals surface area contributed by atoms with Crippen molar-refractivity contribution in [2.45, 2.75) is 20.3 Å². The van der Waals surface area contributed by atoms with Gasteiger partial charge in [-0.3, -0.25) is 0 Å². The molecule has 2 aromatic carbocycles. The number of aryl methyl sites for hydroxylation is 1. The molecule has 0 aliphatic rings. The molecule has 3 rings (SSSR count). The van der Waals surface area contributed by atoms with Gasteiger partial charge in [-0.05, 0) is 31.0 Å². The van der Waals surface area contributed by atoms with Crippen LogP contribution in [0.15, 0.2) is 54.6 Å². The molecule has 1 heterocycles. The fourth-order valence-corrected chi connectivity index (χ4v) is 2.45. The van der Waals surface area contributed by atoms with Crippen molar-refractivity contribution in [1.29, 1.82) is 0 Å². The van der Waals surface area contributed by atoms with E-state index < -0.39 is 0 Å². The summed E-state index contributed by atoms with van der Waals surface area (Å²) in [5, 5.41) is 4.70. The number of hydrogen-bond acceptors (Lipinski definition) is 2. The van der Waals surface area contributed by atoms with Gasteiger partial charge in [0.05, 0.1) is 11.4 Å². The highest BCUT2D eigenvalue weighted by atomic mass is 15.3. The second-order valence-corrected chi connectivity index (χ2v) is 5.16. The second kappa shape index (κ2) is 5.44. The molecule has 3 heteroatoms. The minimum Gasteiger partial charge on any atom is -0.383 e. The average Bonchev–Trinajstić information content (AvgIpc) is 2.84. The van der Waals surface area contributed by atoms with Crippen molar-refractivity contribution in [2.24, 2.45) is 0 Å². The quantitative estimate of drug-likeness (QED) is 0.786. The molecule has 3 aromatic rings. The molecule has 0 saturated heterocycles. The van der Waals surface area contributed by atoms with Crippen molar-refractivity contribution in [3.63, 3.8) is 0 Å². The number of aromatic nitrogens is 2. The Labute approximate surface area is 125 Å². The molecule has 106 valence electrons. The predicted octanol–water partition coefficient (Wildman–Crippen LogP) is 3.99. The highest BCUT2D eigenvalue weighted by molar-refractivity contribution is 5.69. The fourth-order valence-electron chi connectivity index (χ4n) is 2.45. The summed E-state index contributed by atoms with van der Waals surface area (Å²) in [6, 6.07) is 18.5. The van der Waals surface area contributed by atoms with E-state index in [9.17, 15) is 0 Å². The van der Waals surface area contributed by atoms with Gasteiger partial charge in [-0.2, -0.15) is 5.10 Å². The number of nitrogens with zero attached hydrogens (tertiary/aromatic N) is 2. The van der Waals surface area contributed by atoms with Gasteiger partial charge in [0.1, 0.15) is 5.82 Å². The van der Waals surface area contributed by atoms with E-state index in [4.69, 9.17) is 10.8 Å². The predicted molar refractivity (Wildman–Crippen MR) is 87.5 cm³/mol. The van der Waals surface area contributed by atoms with Crippen LogP contribution in [0.3, 0.4) is 0 Å². The van der Waals surface area contributed by atoms with Gasteiger partial charge in [0.15, 0.2) is 0 Å². The second-order valence-electron chi connectivity index (χ2n) is 5.16. The lowest BCUT2D eigenvalue weighted by Crippen LogP contribution is -2.01. The molecule has 0 aliphatic heterocycles. The maximum Gasteiger partial charge on any atom is 0.130 e. The molecule has 3 nitrogen and oxygen atoms in total. The van der Waals surface area contributed by atoms with Crippen molar-refractivity contribution in [3.05, 3.63) is 65.7 Å². The Kier molecular flexibility index (Phi) is 3.48. The van der Waals surface area contributed by atoms with Gasteiger partial charge in [-0.25, -0.2) is 4.68 Å². The summed E-state index contributed by atoms with van der Waals surface area (Å²) in [5.41, 5.74) is 11.6. The van der Waals surface area contributed by atoms with Crippen molar-refractivity contribution in [3.8, 4) is 16.9 Å². The van der Waals surface area contributed by atoms with E-state index in [0.29, 0.717) is 5.82 Å². The average molecular weight is 277 g/mol. The minimum absolute atomic E-state index is 0.691. The lowest BCUT2D eigenvalue weighted by Gasteiger charge is -2.03. The highest BCUT2D eigenvalue weighted by Gasteiger charge is 2.14. The van der Waals surface area contributed by atoms with Crippen LogP contribution in [0, 0.1) is 6.92 Å². The largest absolute Gasteiger partial charge is 0.383 e. The molecule has 0 fully saturated rings. The van der Waals surface area contributed by atoms with E-state index in [1.165, 1.54) is 5.56 Å². The molecule has 0 atom stereocenters. The Morgan fingerprint density at radius 1 is 1.00 bits per heavy atom. The molecule has 0 spiro atoms. The smallest absolute Gasteiger partial charge is 0.130 e. The Morgan fingerprint density at radius 3 is 2.29 bits per heavy atom. The van der Waals surface area contributed by atoms with Gasteiger partial charge in [0, 0.05) is 11.1 Å². The van der Waals surface area contributed by atoms with Crippen LogP contribution in [-0.2, 0) is 6.42 Å². The molecule has 2 N–H and O–H groups in total. The molecule has 0 amide bonds. The molecule has 21 heavy (non-hydrogen) atoms. The van der Waals surface area contributed by atoms with Crippen LogP contribution < -0.4 is 5.73 Å². The van der Waals surface area contributed by atoms with Crippen LogP contribution in [-0.4, -0.2) is 9.78 Å². The van der Waals surface area contributed by atoms with Crippen molar-refractivity contribution in [2.75, 3.05) is 5.73 Å². The number of nitrogen functional groups attached to an aromatic ring is 1. The summed E-state index contributed by atoms with van der Waals surface area (Å²) in [4.78, 5) is 0. The molecule has 0 aliphatic carbocycles. The van der Waals surface area contributed by atoms with Crippen molar-refractivity contribution < 1.29 is 0 Å². The Hall–Kier alpha value is -2.55. The van der Waals surface area contributed by atoms with E-state index in [0.717, 1.165) is 28.9 Å². The standard InChI is InChI=1S/C18H19N3/c1-3-14-9-11-15(12-10-14)17-13(2)18(19)21(20-17)16-7-5-4-6-8-16/h4-12H,3,19H2,1-2H3. The lowest BCUT2D eigenvalue weighted by atomic mass is 10.1. The molecular formula is C18H19N3. The van der Waals surface area contributed by atoms with E-state index in [2.05, 4.69) is 31.2 Å². The summed E-state index contributed by atoms with van der Waals surface area (Å²) in [5.74, 6) is 0.691. The van der Waals surface area contributed by atoms with E-state index in [1.807, 2.05) is 37.3 Å². The summed E-state index contributed by atoms with van der Waals surface area (Å²) in [6.07, 6.45) is 1.04. The topological polar surface area (TPSA) is 43.8 Å². The first kappa shape index (κ1) is 13.4. The van der Waals surface area contributed by atoms with E-state index in [1.54, 1.807) is 4.68 Å². The van der Waals surface area contributed by atoms with Crippen LogP contribution in [0.25, 0.3) is 16.9 Å². The highest BCUT2D eigenvalue weighted by Crippen LogP contribution is 2.28. The van der Waals surface area contributed by atoms with Crippen LogP contribution in [0.5, 0.6) is 0 Å². The first-order valence-corrected chi connectivity index (χ1v) is 7.20. The van der Waals surface area contributed by atoms with Crippen molar-refractivity contribution >= 4 is 5.82 Å². The first-order chi connectivity index (χ1) is 10.2. The zero-order valence-electron chi connectivity index (χ0n) is 12.4. The van der Waals surface area contributed by atoms with Crippen LogP contribution >= 0.6 is 0 Å². The van der Waals surface area contributed by atoms with Crippen LogP contribution in [0.4, 0.5) is 5.82 Å². The zero-order valence-corrected chi connectivity index (χ0v) is 12.4. The third-order valence-corrected chi connectivity index (χ3v) is 3.80. The molecule has 1 aromatic heterocycles. The number of nitrogens with two attached hydrogens (primary N) is 1. The Bertz CT molecular complexity index is 740. The molecule has 0 unspecified atom stereocenters. The number of rotatable bonds is 3. The number of benzene rings is 2. The number of para-hydroxylation sites is 1. The molecule has 0 bridgehead atoms. The third-order valence-electron chi connectivity index (χ3n) is 3.80. The maximum absolute atomic E-state index is 6.23. The van der Waals surface area contributed by atoms with Gasteiger partial charge in [0.2, 0.25) is 0 Å². The van der Waals surface area contributed by atoms with Crippen LogP contribution in [0.2, 0.25) is 0 Å². The Balaban J connectivity index is 2.08. The Morgan fingerprint density at radius 2 is 1.67 bits per heavy atom. The maximum atomic E-state index is 6.23.